The lowest BCUT2D eigenvalue weighted by Crippen LogP contribution is -2.02. The van der Waals surface area contributed by atoms with Crippen LogP contribution in [-0.2, 0) is 16.1 Å². The van der Waals surface area contributed by atoms with E-state index in [0.29, 0.717) is 21.4 Å². The van der Waals surface area contributed by atoms with Crippen LogP contribution in [0.4, 0.5) is 5.69 Å². The molecular weight excluding hydrogens is 385 g/mol. The molecule has 0 saturated heterocycles. The quantitative estimate of drug-likeness (QED) is 0.323. The van der Waals surface area contributed by atoms with Crippen LogP contribution in [0.3, 0.4) is 0 Å². The van der Waals surface area contributed by atoms with Crippen LogP contribution in [0.1, 0.15) is 11.1 Å². The Morgan fingerprint density at radius 3 is 2.54 bits per heavy atom. The molecule has 0 saturated carbocycles. The highest BCUT2D eigenvalue weighted by atomic mass is 35.5. The Kier molecular flexibility index (Phi) is 5.29. The van der Waals surface area contributed by atoms with Gasteiger partial charge in [0, 0.05) is 21.7 Å². The van der Waals surface area contributed by atoms with Gasteiger partial charge in [0.15, 0.2) is 11.5 Å². The predicted octanol–water partition coefficient (Wildman–Crippen LogP) is 4.39. The van der Waals surface area contributed by atoms with Gasteiger partial charge in [-0.05, 0) is 24.3 Å². The van der Waals surface area contributed by atoms with Crippen molar-refractivity contribution in [3.05, 3.63) is 67.7 Å². The summed E-state index contributed by atoms with van der Waals surface area (Å²) in [7, 11) is 0. The van der Waals surface area contributed by atoms with Crippen LogP contribution in [0.25, 0.3) is 6.08 Å². The summed E-state index contributed by atoms with van der Waals surface area (Å²) in [6.07, 6.45) is 2.35. The molecule has 0 fully saturated rings. The number of rotatable bonds is 5. The van der Waals surface area contributed by atoms with Gasteiger partial charge in [0.05, 0.1) is 16.6 Å². The number of nitro groups is 1. The molecule has 1 aliphatic heterocycles. The molecule has 1 heterocycles. The zero-order valence-corrected chi connectivity index (χ0v) is 14.6. The zero-order valence-electron chi connectivity index (χ0n) is 13.1. The number of nitro benzene ring substituents is 1. The number of nitrogens with zero attached hydrogens (tertiary/aromatic N) is 1. The number of ether oxygens (including phenoxy) is 3. The zero-order chi connectivity index (χ0) is 18.7. The van der Waals surface area contributed by atoms with Crippen molar-refractivity contribution in [1.82, 2.24) is 0 Å². The third-order valence-corrected chi connectivity index (χ3v) is 4.25. The van der Waals surface area contributed by atoms with E-state index in [1.165, 1.54) is 18.2 Å². The summed E-state index contributed by atoms with van der Waals surface area (Å²) in [5.41, 5.74) is 0.450. The minimum absolute atomic E-state index is 0.0136. The molecule has 2 aromatic rings. The van der Waals surface area contributed by atoms with Crippen LogP contribution in [0.2, 0.25) is 10.0 Å². The van der Waals surface area contributed by atoms with Gasteiger partial charge in [0.1, 0.15) is 6.61 Å². The number of benzene rings is 2. The average Bonchev–Trinajstić information content (AvgIpc) is 3.06. The molecule has 26 heavy (non-hydrogen) atoms. The van der Waals surface area contributed by atoms with Gasteiger partial charge in [-0.25, -0.2) is 4.79 Å². The maximum absolute atomic E-state index is 11.9. The van der Waals surface area contributed by atoms with Gasteiger partial charge < -0.3 is 14.2 Å². The molecule has 9 heteroatoms. The van der Waals surface area contributed by atoms with Gasteiger partial charge in [-0.2, -0.15) is 0 Å². The monoisotopic (exact) mass is 395 g/mol. The summed E-state index contributed by atoms with van der Waals surface area (Å²) in [4.78, 5) is 22.5. The van der Waals surface area contributed by atoms with E-state index in [0.717, 1.165) is 6.08 Å². The molecule has 0 unspecified atom stereocenters. The first-order valence-corrected chi connectivity index (χ1v) is 8.07. The van der Waals surface area contributed by atoms with Crippen LogP contribution < -0.4 is 9.47 Å². The van der Waals surface area contributed by atoms with Crippen molar-refractivity contribution in [1.29, 1.82) is 0 Å². The Morgan fingerprint density at radius 1 is 1.23 bits per heavy atom. The highest BCUT2D eigenvalue weighted by molar-refractivity contribution is 6.35. The van der Waals surface area contributed by atoms with E-state index in [1.54, 1.807) is 18.2 Å². The first-order valence-electron chi connectivity index (χ1n) is 7.31. The highest BCUT2D eigenvalue weighted by Gasteiger charge is 2.22. The molecule has 0 atom stereocenters. The molecule has 0 aromatic heterocycles. The van der Waals surface area contributed by atoms with E-state index in [4.69, 9.17) is 37.4 Å². The largest absolute Gasteiger partial charge is 0.458 e. The minimum Gasteiger partial charge on any atom is -0.458 e. The van der Waals surface area contributed by atoms with E-state index in [1.807, 2.05) is 0 Å². The molecule has 3 rings (SSSR count). The number of hydrogen-bond donors (Lipinski definition) is 0. The molecule has 2 aromatic carbocycles. The Morgan fingerprint density at radius 2 is 1.88 bits per heavy atom. The lowest BCUT2D eigenvalue weighted by molar-refractivity contribution is -0.385. The van der Waals surface area contributed by atoms with Crippen molar-refractivity contribution in [2.45, 2.75) is 6.61 Å². The Bertz CT molecular complexity index is 892. The summed E-state index contributed by atoms with van der Waals surface area (Å²) in [6.45, 7) is -0.134. The summed E-state index contributed by atoms with van der Waals surface area (Å²) in [5.74, 6) is -0.0517. The lowest BCUT2D eigenvalue weighted by Gasteiger charge is -2.06. The molecule has 0 spiro atoms. The van der Waals surface area contributed by atoms with Crippen molar-refractivity contribution in [3.8, 4) is 11.5 Å². The van der Waals surface area contributed by atoms with E-state index < -0.39 is 10.9 Å². The topological polar surface area (TPSA) is 87.9 Å². The Balaban J connectivity index is 1.73. The van der Waals surface area contributed by atoms with E-state index in [-0.39, 0.29) is 30.4 Å². The molecule has 0 amide bonds. The van der Waals surface area contributed by atoms with Crippen LogP contribution in [0.15, 0.2) is 36.4 Å². The first kappa shape index (κ1) is 18.0. The normalized spacial score (nSPS) is 12.4. The predicted molar refractivity (Wildman–Crippen MR) is 94.5 cm³/mol. The minimum atomic E-state index is -0.701. The SMILES string of the molecule is O=C(/C=C/c1cc2c(cc1[N+](=O)[O-])OCO2)OCc1c(Cl)cccc1Cl. The van der Waals surface area contributed by atoms with Crippen LogP contribution >= 0.6 is 23.2 Å². The fourth-order valence-electron chi connectivity index (χ4n) is 2.26. The molecule has 1 aliphatic rings. The third kappa shape index (κ3) is 3.89. The molecule has 134 valence electrons. The second-order valence-corrected chi connectivity index (χ2v) is 5.98. The number of esters is 1. The van der Waals surface area contributed by atoms with Gasteiger partial charge in [-0.15, -0.1) is 0 Å². The van der Waals surface area contributed by atoms with Crippen molar-refractivity contribution in [2.75, 3.05) is 6.79 Å². The van der Waals surface area contributed by atoms with E-state index in [2.05, 4.69) is 0 Å². The average molecular weight is 396 g/mol. The molecule has 0 radical (unpaired) electrons. The molecule has 0 N–H and O–H groups in total. The van der Waals surface area contributed by atoms with Crippen molar-refractivity contribution in [2.24, 2.45) is 0 Å². The fraction of sp³-hybridized carbons (Fsp3) is 0.118. The summed E-state index contributed by atoms with van der Waals surface area (Å²) < 4.78 is 15.4. The Hall–Kier alpha value is -2.77. The van der Waals surface area contributed by atoms with Gasteiger partial charge in [-0.3, -0.25) is 10.1 Å². The van der Waals surface area contributed by atoms with Gasteiger partial charge in [0.2, 0.25) is 6.79 Å². The lowest BCUT2D eigenvalue weighted by atomic mass is 10.1. The third-order valence-electron chi connectivity index (χ3n) is 3.54. The number of carbonyl (C=O) groups excluding carboxylic acids is 1. The maximum Gasteiger partial charge on any atom is 0.331 e. The second-order valence-electron chi connectivity index (χ2n) is 5.16. The molecular formula is C17H11Cl2NO6. The standard InChI is InChI=1S/C17H11Cl2NO6/c18-12-2-1-3-13(19)11(12)8-24-17(21)5-4-10-6-15-16(26-9-25-15)7-14(10)20(22)23/h1-7H,8-9H2/b5-4+. The maximum atomic E-state index is 11.9. The van der Waals surface area contributed by atoms with Crippen LogP contribution in [-0.4, -0.2) is 17.7 Å². The molecule has 0 bridgehead atoms. The van der Waals surface area contributed by atoms with Crippen molar-refractivity contribution < 1.29 is 23.9 Å². The van der Waals surface area contributed by atoms with Crippen molar-refractivity contribution >= 4 is 40.9 Å². The summed E-state index contributed by atoms with van der Waals surface area (Å²) >= 11 is 12.0. The second kappa shape index (κ2) is 7.63. The summed E-state index contributed by atoms with van der Waals surface area (Å²) in [6, 6.07) is 7.60. The number of fused-ring (bicyclic) bond motifs is 1. The smallest absolute Gasteiger partial charge is 0.331 e. The van der Waals surface area contributed by atoms with Crippen LogP contribution in [0.5, 0.6) is 11.5 Å². The molecule has 0 aliphatic carbocycles. The fourth-order valence-corrected chi connectivity index (χ4v) is 2.76. The van der Waals surface area contributed by atoms with E-state index >= 15 is 0 Å². The first-order chi connectivity index (χ1) is 12.5. The van der Waals surface area contributed by atoms with Gasteiger partial charge in [0.25, 0.3) is 5.69 Å². The number of halogens is 2. The number of carbonyl (C=O) groups is 1. The Labute approximate surface area is 157 Å². The van der Waals surface area contributed by atoms with Crippen LogP contribution in [0, 0.1) is 10.1 Å². The van der Waals surface area contributed by atoms with Gasteiger partial charge in [-0.1, -0.05) is 29.3 Å². The summed E-state index contributed by atoms with van der Waals surface area (Å²) in [5, 5.41) is 11.9. The highest BCUT2D eigenvalue weighted by Crippen LogP contribution is 2.38. The van der Waals surface area contributed by atoms with Gasteiger partial charge >= 0.3 is 5.97 Å². The van der Waals surface area contributed by atoms with Crippen molar-refractivity contribution in [3.63, 3.8) is 0 Å². The number of hydrogen-bond acceptors (Lipinski definition) is 6. The molecule has 7 nitrogen and oxygen atoms in total. The van der Waals surface area contributed by atoms with E-state index in [9.17, 15) is 14.9 Å².